The molecule has 2 N–H and O–H groups in total. The minimum Gasteiger partial charge on any atom is -0.507 e. The molecule has 6 nitrogen and oxygen atoms in total. The monoisotopic (exact) mass is 366 g/mol. The van der Waals surface area contributed by atoms with Crippen molar-refractivity contribution in [2.75, 3.05) is 20.3 Å². The molecule has 0 aliphatic carbocycles. The predicted octanol–water partition coefficient (Wildman–Crippen LogP) is 4.10. The number of hydrogen-bond donors (Lipinski definition) is 2. The standard InChI is InChI=1S/C21H22N2O4/c1-4-13-9-15(16(24)11-18(13)25-3)21-20(12(2)22-23-21)14-5-6-17-19(10-14)27-8-7-26-17/h5-6,9-11,24H,4,7-8H2,1-3H3,(H,22,23). The molecule has 0 saturated heterocycles. The minimum absolute atomic E-state index is 0.134. The molecule has 0 saturated carbocycles. The van der Waals surface area contributed by atoms with Crippen molar-refractivity contribution < 1.29 is 19.3 Å². The number of aromatic hydroxyl groups is 1. The summed E-state index contributed by atoms with van der Waals surface area (Å²) in [5.74, 6) is 2.27. The Labute approximate surface area is 157 Å². The van der Waals surface area contributed by atoms with Crippen LogP contribution < -0.4 is 14.2 Å². The van der Waals surface area contributed by atoms with Crippen LogP contribution in [0.25, 0.3) is 22.4 Å². The summed E-state index contributed by atoms with van der Waals surface area (Å²) in [6, 6.07) is 9.43. The Balaban J connectivity index is 1.86. The first-order valence-electron chi connectivity index (χ1n) is 8.97. The maximum Gasteiger partial charge on any atom is 0.161 e. The summed E-state index contributed by atoms with van der Waals surface area (Å²) in [6.07, 6.45) is 0.791. The van der Waals surface area contributed by atoms with Gasteiger partial charge >= 0.3 is 0 Å². The van der Waals surface area contributed by atoms with Gasteiger partial charge in [-0.15, -0.1) is 0 Å². The summed E-state index contributed by atoms with van der Waals surface area (Å²) in [7, 11) is 1.60. The summed E-state index contributed by atoms with van der Waals surface area (Å²) in [5.41, 5.74) is 5.17. The smallest absolute Gasteiger partial charge is 0.161 e. The molecule has 0 atom stereocenters. The third kappa shape index (κ3) is 2.97. The third-order valence-electron chi connectivity index (χ3n) is 4.81. The average Bonchev–Trinajstić information content (AvgIpc) is 3.08. The summed E-state index contributed by atoms with van der Waals surface area (Å²) in [4.78, 5) is 0. The van der Waals surface area contributed by atoms with Gasteiger partial charge in [0.25, 0.3) is 0 Å². The van der Waals surface area contributed by atoms with E-state index >= 15 is 0 Å². The number of hydrogen-bond acceptors (Lipinski definition) is 5. The summed E-state index contributed by atoms with van der Waals surface area (Å²) >= 11 is 0. The van der Waals surface area contributed by atoms with Crippen LogP contribution in [0.15, 0.2) is 30.3 Å². The molecule has 140 valence electrons. The number of nitrogens with zero attached hydrogens (tertiary/aromatic N) is 1. The number of aromatic nitrogens is 2. The van der Waals surface area contributed by atoms with E-state index < -0.39 is 0 Å². The zero-order valence-electron chi connectivity index (χ0n) is 15.6. The van der Waals surface area contributed by atoms with Crippen molar-refractivity contribution in [2.45, 2.75) is 20.3 Å². The van der Waals surface area contributed by atoms with Crippen LogP contribution in [0.1, 0.15) is 18.2 Å². The van der Waals surface area contributed by atoms with E-state index in [9.17, 15) is 5.11 Å². The average molecular weight is 366 g/mol. The number of ether oxygens (including phenoxy) is 3. The molecule has 1 aromatic heterocycles. The molecule has 1 aliphatic heterocycles. The fourth-order valence-electron chi connectivity index (χ4n) is 3.45. The van der Waals surface area contributed by atoms with E-state index in [1.54, 1.807) is 13.2 Å². The van der Waals surface area contributed by atoms with Crippen LogP contribution in [0.5, 0.6) is 23.0 Å². The second-order valence-corrected chi connectivity index (χ2v) is 6.47. The first-order chi connectivity index (χ1) is 13.1. The molecule has 0 radical (unpaired) electrons. The van der Waals surface area contributed by atoms with Crippen LogP contribution in [-0.2, 0) is 6.42 Å². The largest absolute Gasteiger partial charge is 0.507 e. The third-order valence-corrected chi connectivity index (χ3v) is 4.81. The highest BCUT2D eigenvalue weighted by Crippen LogP contribution is 2.42. The van der Waals surface area contributed by atoms with Gasteiger partial charge in [-0.3, -0.25) is 5.10 Å². The van der Waals surface area contributed by atoms with Gasteiger partial charge < -0.3 is 19.3 Å². The van der Waals surface area contributed by atoms with E-state index in [0.717, 1.165) is 40.3 Å². The molecule has 1 aliphatic rings. The Kier molecular flexibility index (Phi) is 4.39. The molecule has 2 heterocycles. The fraction of sp³-hybridized carbons (Fsp3) is 0.286. The van der Waals surface area contributed by atoms with Gasteiger partial charge in [0, 0.05) is 22.9 Å². The van der Waals surface area contributed by atoms with E-state index in [-0.39, 0.29) is 5.75 Å². The number of nitrogens with one attached hydrogen (secondary N) is 1. The van der Waals surface area contributed by atoms with Crippen LogP contribution in [0.3, 0.4) is 0 Å². The number of rotatable bonds is 4. The number of methoxy groups -OCH3 is 1. The van der Waals surface area contributed by atoms with Crippen molar-refractivity contribution in [3.05, 3.63) is 41.6 Å². The first kappa shape index (κ1) is 17.3. The summed E-state index contributed by atoms with van der Waals surface area (Å²) in [5, 5.41) is 18.1. The number of aromatic amines is 1. The van der Waals surface area contributed by atoms with Crippen molar-refractivity contribution in [3.8, 4) is 45.4 Å². The van der Waals surface area contributed by atoms with Crippen LogP contribution in [0.4, 0.5) is 0 Å². The highest BCUT2D eigenvalue weighted by atomic mass is 16.6. The molecule has 0 spiro atoms. The highest BCUT2D eigenvalue weighted by molar-refractivity contribution is 5.86. The van der Waals surface area contributed by atoms with Crippen LogP contribution in [-0.4, -0.2) is 35.6 Å². The minimum atomic E-state index is 0.134. The Bertz CT molecular complexity index is 994. The number of fused-ring (bicyclic) bond motifs is 1. The summed E-state index contributed by atoms with van der Waals surface area (Å²) < 4.78 is 16.7. The maximum absolute atomic E-state index is 10.6. The van der Waals surface area contributed by atoms with Gasteiger partial charge in [0.05, 0.1) is 7.11 Å². The van der Waals surface area contributed by atoms with Crippen molar-refractivity contribution in [1.82, 2.24) is 10.2 Å². The van der Waals surface area contributed by atoms with Gasteiger partial charge in [0.1, 0.15) is 30.4 Å². The van der Waals surface area contributed by atoms with Crippen molar-refractivity contribution >= 4 is 0 Å². The molecule has 0 bridgehead atoms. The lowest BCUT2D eigenvalue weighted by atomic mass is 9.96. The Morgan fingerprint density at radius 1 is 1.15 bits per heavy atom. The topological polar surface area (TPSA) is 76.6 Å². The molecule has 4 rings (SSSR count). The molecule has 2 aromatic carbocycles. The molecule has 0 amide bonds. The van der Waals surface area contributed by atoms with E-state index in [4.69, 9.17) is 14.2 Å². The van der Waals surface area contributed by atoms with E-state index in [2.05, 4.69) is 17.1 Å². The van der Waals surface area contributed by atoms with E-state index in [1.165, 1.54) is 0 Å². The van der Waals surface area contributed by atoms with Gasteiger partial charge in [-0.2, -0.15) is 5.10 Å². The molecule has 3 aromatic rings. The van der Waals surface area contributed by atoms with Gasteiger partial charge in [-0.05, 0) is 42.7 Å². The SMILES string of the molecule is CCc1cc(-c2n[nH]c(C)c2-c2ccc3c(c2)OCCO3)c(O)cc1OC. The van der Waals surface area contributed by atoms with E-state index in [1.807, 2.05) is 31.2 Å². The van der Waals surface area contributed by atoms with Crippen LogP contribution in [0, 0.1) is 6.92 Å². The van der Waals surface area contributed by atoms with Crippen LogP contribution in [0.2, 0.25) is 0 Å². The quantitative estimate of drug-likeness (QED) is 0.727. The van der Waals surface area contributed by atoms with Gasteiger partial charge in [-0.1, -0.05) is 13.0 Å². The Morgan fingerprint density at radius 2 is 1.93 bits per heavy atom. The zero-order valence-corrected chi connectivity index (χ0v) is 15.6. The van der Waals surface area contributed by atoms with Gasteiger partial charge in [0.2, 0.25) is 0 Å². The maximum atomic E-state index is 10.6. The molecule has 6 heteroatoms. The van der Waals surface area contributed by atoms with Gasteiger partial charge in [0.15, 0.2) is 11.5 Å². The second kappa shape index (κ2) is 6.87. The molecule has 27 heavy (non-hydrogen) atoms. The normalized spacial score (nSPS) is 12.9. The predicted molar refractivity (Wildman–Crippen MR) is 103 cm³/mol. The number of phenols is 1. The number of H-pyrrole nitrogens is 1. The van der Waals surface area contributed by atoms with Crippen molar-refractivity contribution in [3.63, 3.8) is 0 Å². The second-order valence-electron chi connectivity index (χ2n) is 6.47. The Hall–Kier alpha value is -3.15. The molecular weight excluding hydrogens is 344 g/mol. The lowest BCUT2D eigenvalue weighted by Crippen LogP contribution is -2.15. The zero-order chi connectivity index (χ0) is 19.0. The summed E-state index contributed by atoms with van der Waals surface area (Å²) in [6.45, 7) is 5.11. The lowest BCUT2D eigenvalue weighted by Gasteiger charge is -2.19. The lowest BCUT2D eigenvalue weighted by molar-refractivity contribution is 0.171. The van der Waals surface area contributed by atoms with Gasteiger partial charge in [-0.25, -0.2) is 0 Å². The first-order valence-corrected chi connectivity index (χ1v) is 8.97. The number of aryl methyl sites for hydroxylation is 2. The Morgan fingerprint density at radius 3 is 2.67 bits per heavy atom. The molecular formula is C21H22N2O4. The van der Waals surface area contributed by atoms with Crippen LogP contribution >= 0.6 is 0 Å². The number of benzene rings is 2. The number of phenolic OH excluding ortho intramolecular Hbond substituents is 1. The molecule has 0 fully saturated rings. The van der Waals surface area contributed by atoms with Crippen molar-refractivity contribution in [1.29, 1.82) is 0 Å². The van der Waals surface area contributed by atoms with E-state index in [0.29, 0.717) is 30.2 Å². The molecule has 0 unspecified atom stereocenters. The van der Waals surface area contributed by atoms with Crippen molar-refractivity contribution in [2.24, 2.45) is 0 Å². The fourth-order valence-corrected chi connectivity index (χ4v) is 3.45. The highest BCUT2D eigenvalue weighted by Gasteiger charge is 2.21.